The molecule has 0 bridgehead atoms. The first-order chi connectivity index (χ1) is 16.3. The van der Waals surface area contributed by atoms with Crippen LogP contribution in [0.15, 0.2) is 54.2 Å². The number of rotatable bonds is 7. The van der Waals surface area contributed by atoms with Gasteiger partial charge in [-0.15, -0.1) is 18.9 Å². The molecule has 1 saturated heterocycles. The molecule has 6 heteroatoms. The minimum absolute atomic E-state index is 0.0832. The Balaban J connectivity index is 0. The monoisotopic (exact) mass is 473 g/mol. The Labute approximate surface area is 206 Å². The minimum atomic E-state index is -0.419. The van der Waals surface area contributed by atoms with Crippen molar-refractivity contribution in [3.8, 4) is 12.3 Å². The lowest BCUT2D eigenvalue weighted by atomic mass is 10.0. The summed E-state index contributed by atoms with van der Waals surface area (Å²) in [6.45, 7) is 16.0. The molecule has 5 nitrogen and oxygen atoms in total. The first kappa shape index (κ1) is 33.6. The summed E-state index contributed by atoms with van der Waals surface area (Å²) in [6, 6.07) is 0. The van der Waals surface area contributed by atoms with Crippen LogP contribution in [-0.2, 0) is 4.74 Å². The summed E-state index contributed by atoms with van der Waals surface area (Å²) < 4.78 is 18.7. The molecule has 2 unspecified atom stereocenters. The van der Waals surface area contributed by atoms with Crippen LogP contribution >= 0.6 is 0 Å². The van der Waals surface area contributed by atoms with E-state index in [2.05, 4.69) is 28.9 Å². The lowest BCUT2D eigenvalue weighted by molar-refractivity contribution is -0.0403. The molecule has 3 N–H and O–H groups in total. The smallest absolute Gasteiger partial charge is 0.122 e. The Morgan fingerprint density at radius 3 is 2.50 bits per heavy atom. The van der Waals surface area contributed by atoms with E-state index in [1.54, 1.807) is 37.5 Å². The molecule has 1 aliphatic rings. The van der Waals surface area contributed by atoms with Crippen LogP contribution < -0.4 is 5.73 Å². The molecule has 2 atom stereocenters. The molecular formula is C28H44FN3O2. The number of aliphatic hydroxyl groups is 1. The number of aromatic nitrogens is 2. The zero-order valence-corrected chi connectivity index (χ0v) is 21.9. The lowest BCUT2D eigenvalue weighted by Gasteiger charge is -2.26. The highest BCUT2D eigenvalue weighted by Gasteiger charge is 2.22. The standard InChI is InChI=1S/C12H16N2O2.C11H18FN.C3H4.C2H6/c1-8-11(14-4-3-13-8)5-10-6-12(15)9(2)16-7-10;1-3-5-8-11(12)10(4-2)7-6-9-13;1-3-2;1-2/h3-5,9,12,15H,6-7H2,1-2H3;3-4,8H,1,5-7,9,13H2,2H3;1H,2H3;1-2H3/b10-5-;10-4-,11-8?;;. The van der Waals surface area contributed by atoms with E-state index in [0.29, 0.717) is 32.4 Å². The zero-order chi connectivity index (χ0) is 26.4. The molecule has 1 aromatic heterocycles. The average Bonchev–Trinajstić information content (AvgIpc) is 2.84. The van der Waals surface area contributed by atoms with E-state index >= 15 is 0 Å². The van der Waals surface area contributed by atoms with Crippen molar-refractivity contribution in [3.63, 3.8) is 0 Å². The van der Waals surface area contributed by atoms with Gasteiger partial charge in [0, 0.05) is 12.4 Å². The molecule has 1 aliphatic heterocycles. The van der Waals surface area contributed by atoms with Gasteiger partial charge in [-0.25, -0.2) is 4.39 Å². The molecule has 0 aliphatic carbocycles. The van der Waals surface area contributed by atoms with Crippen LogP contribution in [0.5, 0.6) is 0 Å². The van der Waals surface area contributed by atoms with Crippen molar-refractivity contribution in [2.45, 2.75) is 79.4 Å². The number of halogens is 1. The number of hydrogen-bond donors (Lipinski definition) is 2. The van der Waals surface area contributed by atoms with Gasteiger partial charge >= 0.3 is 0 Å². The van der Waals surface area contributed by atoms with E-state index < -0.39 is 6.10 Å². The van der Waals surface area contributed by atoms with E-state index in [9.17, 15) is 9.50 Å². The average molecular weight is 474 g/mol. The number of allylic oxidation sites excluding steroid dienone is 5. The van der Waals surface area contributed by atoms with Crippen molar-refractivity contribution < 1.29 is 14.2 Å². The van der Waals surface area contributed by atoms with Crippen molar-refractivity contribution in [2.75, 3.05) is 13.2 Å². The molecule has 1 fully saturated rings. The van der Waals surface area contributed by atoms with Gasteiger partial charge in [0.1, 0.15) is 5.83 Å². The highest BCUT2D eigenvalue weighted by atomic mass is 19.1. The minimum Gasteiger partial charge on any atom is -0.390 e. The predicted molar refractivity (Wildman–Crippen MR) is 143 cm³/mol. The molecule has 1 aromatic rings. The van der Waals surface area contributed by atoms with Gasteiger partial charge in [0.05, 0.1) is 30.2 Å². The molecule has 0 saturated carbocycles. The van der Waals surface area contributed by atoms with Crippen LogP contribution in [0.25, 0.3) is 6.08 Å². The van der Waals surface area contributed by atoms with Gasteiger partial charge in [-0.1, -0.05) is 26.0 Å². The first-order valence-electron chi connectivity index (χ1n) is 11.8. The van der Waals surface area contributed by atoms with E-state index in [1.165, 1.54) is 0 Å². The highest BCUT2D eigenvalue weighted by molar-refractivity contribution is 5.51. The summed E-state index contributed by atoms with van der Waals surface area (Å²) in [5.74, 6) is 2.11. The number of terminal acetylenes is 1. The summed E-state index contributed by atoms with van der Waals surface area (Å²) in [7, 11) is 0. The second kappa shape index (κ2) is 22.2. The SMILES string of the molecule is C#CC.C=CCC=C(F)/C(=C\C)CCCN.CC.Cc1nccnc1/C=C1\COC(C)C(O)C1. The summed E-state index contributed by atoms with van der Waals surface area (Å²) in [5.41, 5.74) is 8.90. The molecule has 0 amide bonds. The van der Waals surface area contributed by atoms with Crippen molar-refractivity contribution in [3.05, 3.63) is 65.6 Å². The first-order valence-corrected chi connectivity index (χ1v) is 11.8. The molecule has 34 heavy (non-hydrogen) atoms. The largest absolute Gasteiger partial charge is 0.390 e. The number of hydrogen-bond acceptors (Lipinski definition) is 5. The van der Waals surface area contributed by atoms with Gasteiger partial charge in [-0.05, 0) is 83.2 Å². The maximum atomic E-state index is 13.3. The number of aliphatic hydroxyl groups excluding tert-OH is 1. The number of ether oxygens (including phenoxy) is 1. The van der Waals surface area contributed by atoms with Gasteiger partial charge < -0.3 is 15.6 Å². The third kappa shape index (κ3) is 15.3. The fourth-order valence-corrected chi connectivity index (χ4v) is 2.71. The molecular weight excluding hydrogens is 429 g/mol. The van der Waals surface area contributed by atoms with Crippen molar-refractivity contribution >= 4 is 6.08 Å². The molecule has 2 rings (SSSR count). The van der Waals surface area contributed by atoms with Gasteiger partial charge in [0.2, 0.25) is 0 Å². The van der Waals surface area contributed by atoms with Crippen molar-refractivity contribution in [1.82, 2.24) is 9.97 Å². The van der Waals surface area contributed by atoms with Crippen LogP contribution in [0, 0.1) is 19.3 Å². The molecule has 2 heterocycles. The van der Waals surface area contributed by atoms with Gasteiger partial charge in [0.25, 0.3) is 0 Å². The highest BCUT2D eigenvalue weighted by Crippen LogP contribution is 2.21. The fourth-order valence-electron chi connectivity index (χ4n) is 2.71. The number of nitrogens with two attached hydrogens (primary N) is 1. The predicted octanol–water partition coefficient (Wildman–Crippen LogP) is 6.10. The summed E-state index contributed by atoms with van der Waals surface area (Å²) in [5, 5.41) is 9.69. The van der Waals surface area contributed by atoms with Gasteiger partial charge in [0.15, 0.2) is 0 Å². The van der Waals surface area contributed by atoms with E-state index in [-0.39, 0.29) is 11.9 Å². The quantitative estimate of drug-likeness (QED) is 0.284. The Morgan fingerprint density at radius 2 is 2.00 bits per heavy atom. The normalized spacial score (nSPS) is 18.8. The second-order valence-electron chi connectivity index (χ2n) is 7.19. The van der Waals surface area contributed by atoms with Gasteiger partial charge in [-0.2, -0.15) is 0 Å². The Bertz CT molecular complexity index is 810. The van der Waals surface area contributed by atoms with E-state index in [1.807, 2.05) is 40.7 Å². The zero-order valence-electron chi connectivity index (χ0n) is 21.9. The molecule has 0 aromatic carbocycles. The van der Waals surface area contributed by atoms with E-state index in [0.717, 1.165) is 29.0 Å². The Kier molecular flexibility index (Phi) is 21.9. The summed E-state index contributed by atoms with van der Waals surface area (Å²) in [4.78, 5) is 8.41. The van der Waals surface area contributed by atoms with Crippen molar-refractivity contribution in [2.24, 2.45) is 5.73 Å². The van der Waals surface area contributed by atoms with E-state index in [4.69, 9.17) is 10.5 Å². The van der Waals surface area contributed by atoms with Crippen LogP contribution in [0.3, 0.4) is 0 Å². The van der Waals surface area contributed by atoms with Crippen LogP contribution in [0.2, 0.25) is 0 Å². The third-order valence-corrected chi connectivity index (χ3v) is 4.57. The molecule has 0 radical (unpaired) electrons. The van der Waals surface area contributed by atoms with Crippen molar-refractivity contribution in [1.29, 1.82) is 0 Å². The Hall–Kier alpha value is -2.59. The van der Waals surface area contributed by atoms with Crippen LogP contribution in [0.4, 0.5) is 4.39 Å². The lowest BCUT2D eigenvalue weighted by Crippen LogP contribution is -2.32. The van der Waals surface area contributed by atoms with Crippen LogP contribution in [0.1, 0.15) is 71.7 Å². The van der Waals surface area contributed by atoms with Gasteiger partial charge in [-0.3, -0.25) is 9.97 Å². The topological polar surface area (TPSA) is 81.3 Å². The molecule has 0 spiro atoms. The number of nitrogens with zero attached hydrogens (tertiary/aromatic N) is 2. The summed E-state index contributed by atoms with van der Waals surface area (Å²) >= 11 is 0. The Morgan fingerprint density at radius 1 is 1.38 bits per heavy atom. The second-order valence-corrected chi connectivity index (χ2v) is 7.19. The summed E-state index contributed by atoms with van der Waals surface area (Å²) in [6.07, 6.45) is 17.2. The maximum absolute atomic E-state index is 13.3. The number of aryl methyl sites for hydroxylation is 1. The maximum Gasteiger partial charge on any atom is 0.122 e. The third-order valence-electron chi connectivity index (χ3n) is 4.57. The van der Waals surface area contributed by atoms with Crippen LogP contribution in [-0.4, -0.2) is 40.4 Å². The fraction of sp³-hybridized carbons (Fsp3) is 0.500. The molecule has 190 valence electrons.